The van der Waals surface area contributed by atoms with E-state index in [1.54, 1.807) is 24.3 Å². The minimum atomic E-state index is -3.95. The molecule has 0 radical (unpaired) electrons. The third-order valence-electron chi connectivity index (χ3n) is 1.33. The Kier molecular flexibility index (Phi) is 2.76. The van der Waals surface area contributed by atoms with Gasteiger partial charge in [0.2, 0.25) is 0 Å². The smallest absolute Gasteiger partial charge is 0.269 e. The molecule has 0 aliphatic rings. The molecule has 0 aliphatic heterocycles. The molecule has 1 rings (SSSR count). The zero-order valence-corrected chi connectivity index (χ0v) is 7.85. The molecular formula is C7H8O3S2. The van der Waals surface area contributed by atoms with Crippen LogP contribution in [0, 0.1) is 0 Å². The highest BCUT2D eigenvalue weighted by Gasteiger charge is 2.07. The summed E-state index contributed by atoms with van der Waals surface area (Å²) in [5.41, 5.74) is 0.503. The van der Waals surface area contributed by atoms with Crippen molar-refractivity contribution < 1.29 is 13.0 Å². The maximum atomic E-state index is 10.5. The molecule has 0 unspecified atom stereocenters. The first-order chi connectivity index (χ1) is 5.49. The van der Waals surface area contributed by atoms with Gasteiger partial charge in [-0.3, -0.25) is 4.55 Å². The van der Waals surface area contributed by atoms with Gasteiger partial charge in [0.15, 0.2) is 0 Å². The summed E-state index contributed by atoms with van der Waals surface area (Å²) < 4.78 is 29.5. The van der Waals surface area contributed by atoms with Crippen molar-refractivity contribution in [2.75, 3.05) is 0 Å². The highest BCUT2D eigenvalue weighted by molar-refractivity contribution is 7.85. The fourth-order valence-electron chi connectivity index (χ4n) is 0.829. The number of rotatable bonds is 2. The maximum Gasteiger partial charge on any atom is 0.269 e. The Morgan fingerprint density at radius 2 is 1.92 bits per heavy atom. The second-order valence-electron chi connectivity index (χ2n) is 2.35. The van der Waals surface area contributed by atoms with Crippen LogP contribution in [-0.2, 0) is 15.9 Å². The molecule has 0 atom stereocenters. The topological polar surface area (TPSA) is 54.4 Å². The third kappa shape index (κ3) is 2.84. The van der Waals surface area contributed by atoms with E-state index in [-0.39, 0.29) is 5.75 Å². The first-order valence-electron chi connectivity index (χ1n) is 3.21. The lowest BCUT2D eigenvalue weighted by Crippen LogP contribution is -2.01. The van der Waals surface area contributed by atoms with Gasteiger partial charge in [0, 0.05) is 4.90 Å². The summed E-state index contributed by atoms with van der Waals surface area (Å²) in [4.78, 5) is 0.565. The molecule has 12 heavy (non-hydrogen) atoms. The van der Waals surface area contributed by atoms with Gasteiger partial charge in [-0.2, -0.15) is 8.42 Å². The van der Waals surface area contributed by atoms with E-state index in [1.807, 2.05) is 0 Å². The van der Waals surface area contributed by atoms with E-state index in [0.717, 1.165) is 0 Å². The van der Waals surface area contributed by atoms with Gasteiger partial charge in [0.1, 0.15) is 5.75 Å². The monoisotopic (exact) mass is 204 g/mol. The van der Waals surface area contributed by atoms with Gasteiger partial charge in [-0.05, 0) is 11.6 Å². The third-order valence-corrected chi connectivity index (χ3v) is 2.44. The normalized spacial score (nSPS) is 11.5. The zero-order valence-electron chi connectivity index (χ0n) is 6.14. The van der Waals surface area contributed by atoms with Crippen molar-refractivity contribution in [2.45, 2.75) is 10.6 Å². The van der Waals surface area contributed by atoms with E-state index < -0.39 is 10.1 Å². The average Bonchev–Trinajstić information content (AvgIpc) is 1.91. The summed E-state index contributed by atoms with van der Waals surface area (Å²) in [6.07, 6.45) is 0. The molecule has 0 fully saturated rings. The highest BCUT2D eigenvalue weighted by atomic mass is 32.2. The predicted molar refractivity (Wildman–Crippen MR) is 48.9 cm³/mol. The van der Waals surface area contributed by atoms with E-state index in [2.05, 4.69) is 12.6 Å². The second-order valence-corrected chi connectivity index (χ2v) is 4.29. The van der Waals surface area contributed by atoms with Crippen LogP contribution in [0.2, 0.25) is 0 Å². The van der Waals surface area contributed by atoms with Gasteiger partial charge in [-0.15, -0.1) is 12.6 Å². The van der Waals surface area contributed by atoms with Gasteiger partial charge in [0.25, 0.3) is 10.1 Å². The molecule has 0 amide bonds. The molecule has 0 saturated heterocycles. The summed E-state index contributed by atoms with van der Waals surface area (Å²) in [6, 6.07) is 6.72. The van der Waals surface area contributed by atoms with Crippen molar-refractivity contribution in [1.29, 1.82) is 0 Å². The van der Waals surface area contributed by atoms with Crippen LogP contribution in [0.1, 0.15) is 5.56 Å². The van der Waals surface area contributed by atoms with Crippen LogP contribution in [-0.4, -0.2) is 13.0 Å². The minimum Gasteiger partial charge on any atom is -0.285 e. The van der Waals surface area contributed by atoms with Crippen LogP contribution in [0.15, 0.2) is 29.2 Å². The van der Waals surface area contributed by atoms with E-state index in [9.17, 15) is 8.42 Å². The average molecular weight is 204 g/mol. The van der Waals surface area contributed by atoms with Gasteiger partial charge >= 0.3 is 0 Å². The zero-order chi connectivity index (χ0) is 9.19. The standard InChI is InChI=1S/C7H8O3S2/c8-12(9,10)5-6-3-1-2-4-7(6)11/h1-4,11H,5H2,(H,8,9,10). The lowest BCUT2D eigenvalue weighted by Gasteiger charge is -2.00. The van der Waals surface area contributed by atoms with Crippen molar-refractivity contribution in [1.82, 2.24) is 0 Å². The van der Waals surface area contributed by atoms with Crippen LogP contribution >= 0.6 is 12.6 Å². The summed E-state index contributed by atoms with van der Waals surface area (Å²) >= 11 is 4.03. The van der Waals surface area contributed by atoms with Crippen molar-refractivity contribution in [3.63, 3.8) is 0 Å². The van der Waals surface area contributed by atoms with Crippen LogP contribution in [0.5, 0.6) is 0 Å². The molecule has 3 nitrogen and oxygen atoms in total. The quantitative estimate of drug-likeness (QED) is 0.565. The minimum absolute atomic E-state index is 0.382. The molecule has 1 N–H and O–H groups in total. The Morgan fingerprint density at radius 1 is 1.33 bits per heavy atom. The number of benzene rings is 1. The van der Waals surface area contributed by atoms with Crippen LogP contribution in [0.25, 0.3) is 0 Å². The van der Waals surface area contributed by atoms with Gasteiger partial charge in [-0.25, -0.2) is 0 Å². The van der Waals surface area contributed by atoms with E-state index in [4.69, 9.17) is 4.55 Å². The fraction of sp³-hybridized carbons (Fsp3) is 0.143. The first-order valence-corrected chi connectivity index (χ1v) is 5.27. The SMILES string of the molecule is O=S(=O)(O)Cc1ccccc1S. The predicted octanol–water partition coefficient (Wildman–Crippen LogP) is 1.36. The molecule has 0 saturated carbocycles. The fourth-order valence-corrected chi connectivity index (χ4v) is 1.82. The molecule has 0 spiro atoms. The van der Waals surface area contributed by atoms with Crippen LogP contribution < -0.4 is 0 Å². The largest absolute Gasteiger partial charge is 0.285 e. The second kappa shape index (κ2) is 3.47. The van der Waals surface area contributed by atoms with E-state index >= 15 is 0 Å². The van der Waals surface area contributed by atoms with Gasteiger partial charge < -0.3 is 0 Å². The van der Waals surface area contributed by atoms with E-state index in [1.165, 1.54) is 0 Å². The van der Waals surface area contributed by atoms with Crippen molar-refractivity contribution in [3.8, 4) is 0 Å². The van der Waals surface area contributed by atoms with Crippen LogP contribution in [0.3, 0.4) is 0 Å². The molecule has 66 valence electrons. The lowest BCUT2D eigenvalue weighted by atomic mass is 10.2. The molecule has 5 heteroatoms. The van der Waals surface area contributed by atoms with Gasteiger partial charge in [-0.1, -0.05) is 18.2 Å². The number of thiol groups is 1. The molecule has 0 heterocycles. The van der Waals surface area contributed by atoms with Crippen molar-refractivity contribution in [2.24, 2.45) is 0 Å². The number of hydrogen-bond donors (Lipinski definition) is 2. The maximum absolute atomic E-state index is 10.5. The first kappa shape index (κ1) is 9.57. The number of hydrogen-bond acceptors (Lipinski definition) is 3. The van der Waals surface area contributed by atoms with Crippen molar-refractivity contribution >= 4 is 22.7 Å². The summed E-state index contributed by atoms with van der Waals surface area (Å²) in [5.74, 6) is -0.382. The van der Waals surface area contributed by atoms with Gasteiger partial charge in [0.05, 0.1) is 0 Å². The van der Waals surface area contributed by atoms with Crippen molar-refractivity contribution in [3.05, 3.63) is 29.8 Å². The molecule has 1 aromatic rings. The molecule has 0 bridgehead atoms. The Bertz CT molecular complexity index is 370. The molecule has 0 aromatic heterocycles. The summed E-state index contributed by atoms with van der Waals surface area (Å²) in [7, 11) is -3.95. The molecule has 0 aliphatic carbocycles. The molecule has 1 aromatic carbocycles. The summed E-state index contributed by atoms with van der Waals surface area (Å²) in [6.45, 7) is 0. The lowest BCUT2D eigenvalue weighted by molar-refractivity contribution is 0.482. The highest BCUT2D eigenvalue weighted by Crippen LogP contribution is 2.14. The Labute approximate surface area is 76.6 Å². The Hall–Kier alpha value is -0.520. The molecular weight excluding hydrogens is 196 g/mol. The van der Waals surface area contributed by atoms with E-state index in [0.29, 0.717) is 10.5 Å². The Balaban J connectivity index is 2.98. The van der Waals surface area contributed by atoms with Crippen LogP contribution in [0.4, 0.5) is 0 Å². The summed E-state index contributed by atoms with van der Waals surface area (Å²) in [5, 5.41) is 0. The Morgan fingerprint density at radius 3 is 2.42 bits per heavy atom.